The number of hydrogen-bond acceptors (Lipinski definition) is 5. The van der Waals surface area contributed by atoms with E-state index in [1.807, 2.05) is 12.1 Å². The summed E-state index contributed by atoms with van der Waals surface area (Å²) in [6.07, 6.45) is 1.10. The molecule has 1 aliphatic rings. The molecule has 19 heavy (non-hydrogen) atoms. The lowest BCUT2D eigenvalue weighted by atomic mass is 9.92. The molecule has 1 aromatic rings. The van der Waals surface area contributed by atoms with E-state index < -0.39 is 0 Å². The van der Waals surface area contributed by atoms with E-state index in [0.717, 1.165) is 25.1 Å². The first-order chi connectivity index (χ1) is 9.21. The summed E-state index contributed by atoms with van der Waals surface area (Å²) in [5, 5.41) is 3.34. The van der Waals surface area contributed by atoms with Gasteiger partial charge in [-0.25, -0.2) is 0 Å². The summed E-state index contributed by atoms with van der Waals surface area (Å²) in [5.74, 6) is 2.35. The minimum atomic E-state index is -0.0243. The van der Waals surface area contributed by atoms with Crippen LogP contribution < -0.4 is 25.3 Å². The quantitative estimate of drug-likeness (QED) is 0.841. The predicted octanol–water partition coefficient (Wildman–Crippen LogP) is 1.32. The third kappa shape index (κ3) is 2.77. The van der Waals surface area contributed by atoms with Crippen molar-refractivity contribution >= 4 is 0 Å². The average molecular weight is 266 g/mol. The number of rotatable bonds is 5. The van der Waals surface area contributed by atoms with Crippen molar-refractivity contribution < 1.29 is 14.2 Å². The summed E-state index contributed by atoms with van der Waals surface area (Å²) >= 11 is 0. The number of hydrogen-bond donors (Lipinski definition) is 2. The van der Waals surface area contributed by atoms with Crippen LogP contribution in [0.1, 0.15) is 18.0 Å². The number of nitrogens with one attached hydrogen (secondary N) is 1. The van der Waals surface area contributed by atoms with Gasteiger partial charge < -0.3 is 25.3 Å². The molecular weight excluding hydrogens is 244 g/mol. The van der Waals surface area contributed by atoms with E-state index in [9.17, 15) is 0 Å². The van der Waals surface area contributed by atoms with Gasteiger partial charge in [0.05, 0.1) is 21.3 Å². The Bertz CT molecular complexity index is 406. The normalized spacial score (nSPS) is 20.1. The molecule has 1 aromatic carbocycles. The van der Waals surface area contributed by atoms with Crippen LogP contribution in [0.3, 0.4) is 0 Å². The molecule has 0 amide bonds. The van der Waals surface area contributed by atoms with Gasteiger partial charge in [0.15, 0.2) is 11.5 Å². The van der Waals surface area contributed by atoms with Crippen LogP contribution in [0.15, 0.2) is 12.1 Å². The zero-order valence-corrected chi connectivity index (χ0v) is 11.7. The average Bonchev–Trinajstić information content (AvgIpc) is 2.98. The van der Waals surface area contributed by atoms with Gasteiger partial charge in [-0.15, -0.1) is 0 Å². The van der Waals surface area contributed by atoms with Crippen molar-refractivity contribution in [3.8, 4) is 17.2 Å². The van der Waals surface area contributed by atoms with Crippen LogP contribution in [-0.2, 0) is 0 Å². The Balaban J connectivity index is 2.34. The zero-order valence-electron chi connectivity index (χ0n) is 11.7. The first-order valence-electron chi connectivity index (χ1n) is 6.47. The van der Waals surface area contributed by atoms with Gasteiger partial charge in [-0.3, -0.25) is 0 Å². The third-order valence-corrected chi connectivity index (χ3v) is 3.68. The Hall–Kier alpha value is -1.46. The van der Waals surface area contributed by atoms with E-state index in [-0.39, 0.29) is 6.04 Å². The Morgan fingerprint density at radius 2 is 1.79 bits per heavy atom. The number of methoxy groups -OCH3 is 3. The van der Waals surface area contributed by atoms with Crippen LogP contribution in [0.25, 0.3) is 0 Å². The summed E-state index contributed by atoms with van der Waals surface area (Å²) in [7, 11) is 4.83. The maximum Gasteiger partial charge on any atom is 0.203 e. The maximum absolute atomic E-state index is 6.35. The molecule has 0 aromatic heterocycles. The molecule has 2 atom stereocenters. The molecule has 0 radical (unpaired) electrons. The highest BCUT2D eigenvalue weighted by Gasteiger charge is 2.25. The van der Waals surface area contributed by atoms with Crippen molar-refractivity contribution in [2.75, 3.05) is 34.4 Å². The van der Waals surface area contributed by atoms with Crippen LogP contribution in [0, 0.1) is 5.92 Å². The van der Waals surface area contributed by atoms with E-state index >= 15 is 0 Å². The lowest BCUT2D eigenvalue weighted by Gasteiger charge is -2.21. The van der Waals surface area contributed by atoms with Crippen LogP contribution in [-0.4, -0.2) is 34.4 Å². The Morgan fingerprint density at radius 3 is 2.21 bits per heavy atom. The first kappa shape index (κ1) is 14.0. The fourth-order valence-corrected chi connectivity index (χ4v) is 2.55. The molecule has 2 rings (SSSR count). The number of ether oxygens (including phenoxy) is 3. The smallest absolute Gasteiger partial charge is 0.203 e. The monoisotopic (exact) mass is 266 g/mol. The fourth-order valence-electron chi connectivity index (χ4n) is 2.55. The highest BCUT2D eigenvalue weighted by atomic mass is 16.5. The number of benzene rings is 1. The second kappa shape index (κ2) is 6.12. The summed E-state index contributed by atoms with van der Waals surface area (Å²) in [5.41, 5.74) is 7.36. The number of nitrogens with two attached hydrogens (primary N) is 1. The van der Waals surface area contributed by atoms with E-state index in [1.165, 1.54) is 0 Å². The van der Waals surface area contributed by atoms with Gasteiger partial charge in [0, 0.05) is 6.04 Å². The highest BCUT2D eigenvalue weighted by molar-refractivity contribution is 5.54. The molecule has 5 nitrogen and oxygen atoms in total. The van der Waals surface area contributed by atoms with Crippen molar-refractivity contribution in [3.05, 3.63) is 17.7 Å². The molecule has 0 bridgehead atoms. The molecule has 0 saturated carbocycles. The molecule has 0 spiro atoms. The van der Waals surface area contributed by atoms with Crippen molar-refractivity contribution in [2.24, 2.45) is 11.7 Å². The molecule has 0 aliphatic carbocycles. The molecule has 2 unspecified atom stereocenters. The van der Waals surface area contributed by atoms with Crippen molar-refractivity contribution in [3.63, 3.8) is 0 Å². The van der Waals surface area contributed by atoms with Gasteiger partial charge in [0.1, 0.15) is 0 Å². The molecule has 1 saturated heterocycles. The first-order valence-corrected chi connectivity index (χ1v) is 6.47. The SMILES string of the molecule is COc1cc(C(N)C2CCNC2)cc(OC)c1OC. The van der Waals surface area contributed by atoms with Crippen molar-refractivity contribution in [1.82, 2.24) is 5.32 Å². The summed E-state index contributed by atoms with van der Waals surface area (Å²) in [6, 6.07) is 3.85. The lowest BCUT2D eigenvalue weighted by Crippen LogP contribution is -2.23. The van der Waals surface area contributed by atoms with Crippen LogP contribution in [0.2, 0.25) is 0 Å². The van der Waals surface area contributed by atoms with E-state index in [0.29, 0.717) is 23.2 Å². The standard InChI is InChI=1S/C14H22N2O3/c1-17-11-6-10(7-12(18-2)14(11)19-3)13(15)9-4-5-16-8-9/h6-7,9,13,16H,4-5,8,15H2,1-3H3. The Labute approximate surface area is 114 Å². The molecule has 1 fully saturated rings. The van der Waals surface area contributed by atoms with Gasteiger partial charge in [-0.2, -0.15) is 0 Å². The molecule has 5 heteroatoms. The Kier molecular flexibility index (Phi) is 4.50. The third-order valence-electron chi connectivity index (χ3n) is 3.68. The van der Waals surface area contributed by atoms with Crippen LogP contribution in [0.4, 0.5) is 0 Å². The summed E-state index contributed by atoms with van der Waals surface area (Å²) in [4.78, 5) is 0. The minimum absolute atomic E-state index is 0.0243. The van der Waals surface area contributed by atoms with E-state index in [1.54, 1.807) is 21.3 Å². The minimum Gasteiger partial charge on any atom is -0.493 e. The summed E-state index contributed by atoms with van der Waals surface area (Å²) in [6.45, 7) is 1.99. The van der Waals surface area contributed by atoms with Crippen LogP contribution in [0.5, 0.6) is 17.2 Å². The fraction of sp³-hybridized carbons (Fsp3) is 0.571. The molecule has 1 heterocycles. The van der Waals surface area contributed by atoms with Crippen molar-refractivity contribution in [1.29, 1.82) is 0 Å². The molecule has 3 N–H and O–H groups in total. The van der Waals surface area contributed by atoms with Crippen LogP contribution >= 0.6 is 0 Å². The molecular formula is C14H22N2O3. The second-order valence-electron chi connectivity index (χ2n) is 4.74. The lowest BCUT2D eigenvalue weighted by molar-refractivity contribution is 0.322. The van der Waals surface area contributed by atoms with Crippen molar-refractivity contribution in [2.45, 2.75) is 12.5 Å². The molecule has 106 valence electrons. The highest BCUT2D eigenvalue weighted by Crippen LogP contribution is 2.40. The van der Waals surface area contributed by atoms with Gasteiger partial charge in [-0.05, 0) is 43.1 Å². The van der Waals surface area contributed by atoms with E-state index in [4.69, 9.17) is 19.9 Å². The maximum atomic E-state index is 6.35. The van der Waals surface area contributed by atoms with Gasteiger partial charge in [0.2, 0.25) is 5.75 Å². The predicted molar refractivity (Wildman–Crippen MR) is 74.0 cm³/mol. The van der Waals surface area contributed by atoms with Gasteiger partial charge >= 0.3 is 0 Å². The molecule has 1 aliphatic heterocycles. The zero-order chi connectivity index (χ0) is 13.8. The van der Waals surface area contributed by atoms with E-state index in [2.05, 4.69) is 5.32 Å². The Morgan fingerprint density at radius 1 is 1.16 bits per heavy atom. The van der Waals surface area contributed by atoms with Gasteiger partial charge in [-0.1, -0.05) is 0 Å². The topological polar surface area (TPSA) is 65.7 Å². The van der Waals surface area contributed by atoms with Gasteiger partial charge in [0.25, 0.3) is 0 Å². The summed E-state index contributed by atoms with van der Waals surface area (Å²) < 4.78 is 16.0. The second-order valence-corrected chi connectivity index (χ2v) is 4.74. The largest absolute Gasteiger partial charge is 0.493 e.